The zero-order valence-electron chi connectivity index (χ0n) is 17.1. The number of para-hydroxylation sites is 1. The largest absolute Gasteiger partial charge is 0.497 e. The van der Waals surface area contributed by atoms with Crippen molar-refractivity contribution < 1.29 is 13.9 Å². The van der Waals surface area contributed by atoms with Gasteiger partial charge < -0.3 is 14.5 Å². The SMILES string of the molecule is COc1ccc2c(c1)CCC1C(C(=O)N3CCN(c4ccccc4F)CC3)NNC21. The summed E-state index contributed by atoms with van der Waals surface area (Å²) in [4.78, 5) is 17.2. The third-order valence-corrected chi connectivity index (χ3v) is 6.73. The van der Waals surface area contributed by atoms with Gasteiger partial charge in [-0.1, -0.05) is 18.2 Å². The van der Waals surface area contributed by atoms with Gasteiger partial charge in [0.1, 0.15) is 17.6 Å². The third kappa shape index (κ3) is 3.32. The fourth-order valence-corrected chi connectivity index (χ4v) is 5.10. The summed E-state index contributed by atoms with van der Waals surface area (Å²) < 4.78 is 19.4. The van der Waals surface area contributed by atoms with E-state index in [1.807, 2.05) is 21.9 Å². The zero-order chi connectivity index (χ0) is 20.7. The van der Waals surface area contributed by atoms with E-state index in [1.165, 1.54) is 17.2 Å². The van der Waals surface area contributed by atoms with E-state index in [4.69, 9.17) is 4.74 Å². The number of aryl methyl sites for hydroxylation is 1. The van der Waals surface area contributed by atoms with Crippen LogP contribution in [0.2, 0.25) is 0 Å². The molecule has 3 atom stereocenters. The molecular weight excluding hydrogens is 383 g/mol. The van der Waals surface area contributed by atoms with Crippen molar-refractivity contribution in [2.45, 2.75) is 24.9 Å². The summed E-state index contributed by atoms with van der Waals surface area (Å²) in [6.45, 7) is 2.50. The van der Waals surface area contributed by atoms with Gasteiger partial charge in [0, 0.05) is 32.1 Å². The third-order valence-electron chi connectivity index (χ3n) is 6.73. The topological polar surface area (TPSA) is 56.8 Å². The summed E-state index contributed by atoms with van der Waals surface area (Å²) in [5.41, 5.74) is 9.79. The monoisotopic (exact) mass is 410 g/mol. The van der Waals surface area contributed by atoms with Crippen LogP contribution in [0.15, 0.2) is 42.5 Å². The second-order valence-electron chi connectivity index (χ2n) is 8.28. The van der Waals surface area contributed by atoms with Gasteiger partial charge in [0.25, 0.3) is 0 Å². The first-order valence-electron chi connectivity index (χ1n) is 10.6. The van der Waals surface area contributed by atoms with Crippen LogP contribution >= 0.6 is 0 Å². The van der Waals surface area contributed by atoms with Crippen LogP contribution in [0.25, 0.3) is 0 Å². The summed E-state index contributed by atoms with van der Waals surface area (Å²) in [7, 11) is 1.68. The van der Waals surface area contributed by atoms with E-state index in [1.54, 1.807) is 19.2 Å². The summed E-state index contributed by atoms with van der Waals surface area (Å²) in [6, 6.07) is 12.9. The van der Waals surface area contributed by atoms with E-state index in [9.17, 15) is 9.18 Å². The molecule has 1 aliphatic carbocycles. The Balaban J connectivity index is 1.25. The fourth-order valence-electron chi connectivity index (χ4n) is 5.10. The number of hydrogen-bond donors (Lipinski definition) is 2. The standard InChI is InChI=1S/C23H27FN4O2/c1-30-16-7-9-17-15(14-16)6-8-18-21(17)25-26-22(18)23(29)28-12-10-27(11-13-28)20-5-3-2-4-19(20)24/h2-5,7,9,14,18,21-22,25-26H,6,8,10-13H2,1H3. The molecule has 0 spiro atoms. The molecule has 2 aromatic carbocycles. The predicted molar refractivity (Wildman–Crippen MR) is 113 cm³/mol. The highest BCUT2D eigenvalue weighted by molar-refractivity contribution is 5.83. The molecule has 3 aliphatic rings. The number of piperazine rings is 1. The Labute approximate surface area is 176 Å². The minimum absolute atomic E-state index is 0.133. The van der Waals surface area contributed by atoms with Crippen LogP contribution in [0, 0.1) is 11.7 Å². The molecule has 5 rings (SSSR count). The lowest BCUT2D eigenvalue weighted by Gasteiger charge is -2.38. The number of rotatable bonds is 3. The van der Waals surface area contributed by atoms with Gasteiger partial charge in [-0.2, -0.15) is 0 Å². The molecular formula is C23H27FN4O2. The molecule has 0 bridgehead atoms. The number of carbonyl (C=O) groups excluding carboxylic acids is 1. The lowest BCUT2D eigenvalue weighted by atomic mass is 9.77. The van der Waals surface area contributed by atoms with E-state index in [-0.39, 0.29) is 29.7 Å². The molecule has 6 nitrogen and oxygen atoms in total. The lowest BCUT2D eigenvalue weighted by Crippen LogP contribution is -2.55. The van der Waals surface area contributed by atoms with Gasteiger partial charge in [-0.15, -0.1) is 0 Å². The van der Waals surface area contributed by atoms with E-state index in [2.05, 4.69) is 23.0 Å². The summed E-state index contributed by atoms with van der Waals surface area (Å²) in [5.74, 6) is 1.03. The van der Waals surface area contributed by atoms with Crippen molar-refractivity contribution in [1.82, 2.24) is 15.8 Å². The Morgan fingerprint density at radius 3 is 2.67 bits per heavy atom. The molecule has 2 saturated heterocycles. The number of halogens is 1. The van der Waals surface area contributed by atoms with Gasteiger partial charge >= 0.3 is 0 Å². The van der Waals surface area contributed by atoms with Gasteiger partial charge in [-0.25, -0.2) is 15.2 Å². The van der Waals surface area contributed by atoms with Crippen molar-refractivity contribution in [2.24, 2.45) is 5.92 Å². The number of nitrogens with zero attached hydrogens (tertiary/aromatic N) is 2. The Morgan fingerprint density at radius 1 is 1.10 bits per heavy atom. The van der Waals surface area contributed by atoms with Crippen LogP contribution in [0.4, 0.5) is 10.1 Å². The van der Waals surface area contributed by atoms with E-state index >= 15 is 0 Å². The van der Waals surface area contributed by atoms with Crippen molar-refractivity contribution in [2.75, 3.05) is 38.2 Å². The number of benzene rings is 2. The predicted octanol–water partition coefficient (Wildman–Crippen LogP) is 2.26. The summed E-state index contributed by atoms with van der Waals surface area (Å²) in [6.07, 6.45) is 1.90. The second kappa shape index (κ2) is 7.89. The maximum absolute atomic E-state index is 14.1. The zero-order valence-corrected chi connectivity index (χ0v) is 17.1. The average Bonchev–Trinajstić information content (AvgIpc) is 3.23. The molecule has 30 heavy (non-hydrogen) atoms. The molecule has 158 valence electrons. The minimum Gasteiger partial charge on any atom is -0.497 e. The van der Waals surface area contributed by atoms with Crippen molar-refractivity contribution in [1.29, 1.82) is 0 Å². The molecule has 0 aromatic heterocycles. The average molecular weight is 410 g/mol. The first-order chi connectivity index (χ1) is 14.7. The highest BCUT2D eigenvalue weighted by Gasteiger charge is 2.45. The van der Waals surface area contributed by atoms with Crippen LogP contribution in [0.3, 0.4) is 0 Å². The number of carbonyl (C=O) groups is 1. The van der Waals surface area contributed by atoms with Crippen molar-refractivity contribution >= 4 is 11.6 Å². The molecule has 2 heterocycles. The smallest absolute Gasteiger partial charge is 0.241 e. The van der Waals surface area contributed by atoms with Gasteiger partial charge in [-0.3, -0.25) is 4.79 Å². The van der Waals surface area contributed by atoms with Gasteiger partial charge in [0.15, 0.2) is 0 Å². The van der Waals surface area contributed by atoms with E-state index in [0.717, 1.165) is 18.6 Å². The van der Waals surface area contributed by atoms with Crippen molar-refractivity contribution in [3.63, 3.8) is 0 Å². The number of fused-ring (bicyclic) bond motifs is 3. The molecule has 2 fully saturated rings. The number of nitrogens with one attached hydrogen (secondary N) is 2. The van der Waals surface area contributed by atoms with E-state index < -0.39 is 0 Å². The number of anilines is 1. The molecule has 1 amide bonds. The number of methoxy groups -OCH3 is 1. The fraction of sp³-hybridized carbons (Fsp3) is 0.435. The first-order valence-corrected chi connectivity index (χ1v) is 10.6. The van der Waals surface area contributed by atoms with Crippen LogP contribution in [0.5, 0.6) is 5.75 Å². The van der Waals surface area contributed by atoms with Gasteiger partial charge in [-0.05, 0) is 48.2 Å². The first kappa shape index (κ1) is 19.3. The second-order valence-corrected chi connectivity index (χ2v) is 8.28. The van der Waals surface area contributed by atoms with Crippen molar-refractivity contribution in [3.05, 3.63) is 59.4 Å². The summed E-state index contributed by atoms with van der Waals surface area (Å²) in [5, 5.41) is 0. The number of ether oxygens (including phenoxy) is 1. The maximum atomic E-state index is 14.1. The molecule has 7 heteroatoms. The van der Waals surface area contributed by atoms with Crippen LogP contribution in [-0.2, 0) is 11.2 Å². The van der Waals surface area contributed by atoms with Crippen LogP contribution in [0.1, 0.15) is 23.6 Å². The Hall–Kier alpha value is -2.64. The number of hydrazine groups is 1. The van der Waals surface area contributed by atoms with Crippen molar-refractivity contribution in [3.8, 4) is 5.75 Å². The molecule has 2 aliphatic heterocycles. The van der Waals surface area contributed by atoms with Gasteiger partial charge in [0.05, 0.1) is 18.8 Å². The highest BCUT2D eigenvalue weighted by atomic mass is 19.1. The molecule has 2 aromatic rings. The Morgan fingerprint density at radius 2 is 1.90 bits per heavy atom. The lowest BCUT2D eigenvalue weighted by molar-refractivity contribution is -0.134. The minimum atomic E-state index is -0.231. The molecule has 2 N–H and O–H groups in total. The number of amides is 1. The number of hydrogen-bond acceptors (Lipinski definition) is 5. The van der Waals surface area contributed by atoms with Gasteiger partial charge in [0.2, 0.25) is 5.91 Å². The summed E-state index contributed by atoms with van der Waals surface area (Å²) >= 11 is 0. The highest BCUT2D eigenvalue weighted by Crippen LogP contribution is 2.40. The van der Waals surface area contributed by atoms with E-state index in [0.29, 0.717) is 31.9 Å². The molecule has 0 radical (unpaired) electrons. The van der Waals surface area contributed by atoms with Crippen LogP contribution < -0.4 is 20.5 Å². The Bertz CT molecular complexity index is 945. The van der Waals surface area contributed by atoms with Crippen LogP contribution in [-0.4, -0.2) is 50.1 Å². The molecule has 0 saturated carbocycles. The maximum Gasteiger partial charge on any atom is 0.241 e. The Kier molecular flexibility index (Phi) is 5.08. The quantitative estimate of drug-likeness (QED) is 0.813. The normalized spacial score (nSPS) is 25.6. The molecule has 3 unspecified atom stereocenters.